The van der Waals surface area contributed by atoms with Crippen LogP contribution in [0.3, 0.4) is 0 Å². The van der Waals surface area contributed by atoms with Gasteiger partial charge in [-0.15, -0.1) is 0 Å². The summed E-state index contributed by atoms with van der Waals surface area (Å²) in [5, 5.41) is 8.79. The lowest BCUT2D eigenvalue weighted by molar-refractivity contribution is -0.140. The lowest BCUT2D eigenvalue weighted by Gasteiger charge is -2.09. The van der Waals surface area contributed by atoms with Gasteiger partial charge in [0.15, 0.2) is 0 Å². The van der Waals surface area contributed by atoms with E-state index in [9.17, 15) is 32.1 Å². The fraction of sp³-hybridized carbons (Fsp3) is 0.613. The summed E-state index contributed by atoms with van der Waals surface area (Å²) in [5.74, 6) is -2.96. The first-order valence-electron chi connectivity index (χ1n) is 15.2. The molecule has 1 aromatic carbocycles. The lowest BCUT2D eigenvalue weighted by atomic mass is 10.1. The number of ether oxygens (including phenoxy) is 4. The number of carbonyl (C=O) groups is 4. The van der Waals surface area contributed by atoms with Crippen molar-refractivity contribution in [2.75, 3.05) is 33.0 Å². The van der Waals surface area contributed by atoms with E-state index in [1.165, 1.54) is 0 Å². The molecule has 0 aliphatic heterocycles. The maximum Gasteiger partial charge on any atom is 0.338 e. The van der Waals surface area contributed by atoms with E-state index >= 15 is 0 Å². The number of unbranched alkanes of at least 4 members (excludes halogenated alkanes) is 10. The van der Waals surface area contributed by atoms with E-state index in [1.807, 2.05) is 0 Å². The second-order valence-corrected chi connectivity index (χ2v) is 11.5. The molecule has 0 amide bonds. The zero-order valence-corrected chi connectivity index (χ0v) is 26.3. The highest BCUT2D eigenvalue weighted by atomic mass is 32.2. The van der Waals surface area contributed by atoms with Crippen LogP contribution in [0.4, 0.5) is 0 Å². The molecule has 0 aromatic heterocycles. The molecular weight excluding hydrogens is 596 g/mol. The van der Waals surface area contributed by atoms with Crippen molar-refractivity contribution in [2.45, 2.75) is 95.3 Å². The number of benzene rings is 1. The average molecular weight is 643 g/mol. The average Bonchev–Trinajstić information content (AvgIpc) is 2.99. The van der Waals surface area contributed by atoms with Crippen LogP contribution in [0.5, 0.6) is 0 Å². The van der Waals surface area contributed by atoms with Crippen molar-refractivity contribution in [3.63, 3.8) is 0 Å². The smallest absolute Gasteiger partial charge is 0.338 e. The molecular formula is C31H46O12S. The number of esters is 4. The molecule has 0 bridgehead atoms. The van der Waals surface area contributed by atoms with E-state index < -0.39 is 38.9 Å². The van der Waals surface area contributed by atoms with E-state index in [0.29, 0.717) is 45.1 Å². The molecule has 12 nitrogen and oxygen atoms in total. The van der Waals surface area contributed by atoms with Crippen LogP contribution in [-0.2, 0) is 38.7 Å². The Morgan fingerprint density at radius 1 is 0.614 bits per heavy atom. The van der Waals surface area contributed by atoms with Crippen molar-refractivity contribution in [3.05, 3.63) is 41.5 Å². The Hall–Kier alpha value is -3.29. The van der Waals surface area contributed by atoms with Gasteiger partial charge >= 0.3 is 23.9 Å². The Kier molecular flexibility index (Phi) is 20.4. The molecule has 0 aliphatic carbocycles. The fourth-order valence-corrected chi connectivity index (χ4v) is 4.44. The number of hydrogen-bond donors (Lipinski definition) is 2. The van der Waals surface area contributed by atoms with Crippen molar-refractivity contribution in [1.82, 2.24) is 0 Å². The summed E-state index contributed by atoms with van der Waals surface area (Å²) in [6.45, 7) is 2.77. The molecule has 0 fully saturated rings. The third-order valence-electron chi connectivity index (χ3n) is 6.33. The Labute approximate surface area is 259 Å². The molecule has 0 unspecified atom stereocenters. The summed E-state index contributed by atoms with van der Waals surface area (Å²) in [7, 11) is -4.71. The van der Waals surface area contributed by atoms with Crippen molar-refractivity contribution in [3.8, 4) is 0 Å². The summed E-state index contributed by atoms with van der Waals surface area (Å²) >= 11 is 0. The lowest BCUT2D eigenvalue weighted by Crippen LogP contribution is -2.13. The van der Waals surface area contributed by atoms with Gasteiger partial charge in [0, 0.05) is 18.8 Å². The number of carbonyl (C=O) groups excluding carboxylic acids is 4. The number of rotatable bonds is 24. The van der Waals surface area contributed by atoms with Gasteiger partial charge in [-0.05, 0) is 69.6 Å². The minimum Gasteiger partial charge on any atom is -0.463 e. The molecule has 2 N–H and O–H groups in total. The predicted octanol–water partition coefficient (Wildman–Crippen LogP) is 4.97. The van der Waals surface area contributed by atoms with E-state index in [-0.39, 0.29) is 37.6 Å². The maximum absolute atomic E-state index is 12.5. The van der Waals surface area contributed by atoms with Crippen LogP contribution in [0, 0.1) is 0 Å². The van der Waals surface area contributed by atoms with Crippen LogP contribution in [0.25, 0.3) is 0 Å². The number of aliphatic hydroxyl groups is 1. The Morgan fingerprint density at radius 2 is 1.00 bits per heavy atom. The van der Waals surface area contributed by atoms with Crippen LogP contribution in [0.15, 0.2) is 35.2 Å². The first kappa shape index (κ1) is 38.7. The molecule has 0 atom stereocenters. The van der Waals surface area contributed by atoms with Gasteiger partial charge < -0.3 is 24.1 Å². The zero-order chi connectivity index (χ0) is 32.6. The maximum atomic E-state index is 12.5. The van der Waals surface area contributed by atoms with E-state index in [1.54, 1.807) is 0 Å². The summed E-state index contributed by atoms with van der Waals surface area (Å²) in [4.78, 5) is 47.6. The minimum atomic E-state index is -4.71. The van der Waals surface area contributed by atoms with Crippen LogP contribution in [-0.4, -0.2) is 75.0 Å². The van der Waals surface area contributed by atoms with Crippen LogP contribution >= 0.6 is 0 Å². The first-order valence-corrected chi connectivity index (χ1v) is 16.6. The fourth-order valence-electron chi connectivity index (χ4n) is 3.89. The number of hydrogen-bond acceptors (Lipinski definition) is 11. The third kappa shape index (κ3) is 18.4. The van der Waals surface area contributed by atoms with Gasteiger partial charge in [-0.3, -0.25) is 4.55 Å². The molecule has 0 saturated carbocycles. The Morgan fingerprint density at radius 3 is 1.39 bits per heavy atom. The van der Waals surface area contributed by atoms with Crippen molar-refractivity contribution in [2.24, 2.45) is 0 Å². The van der Waals surface area contributed by atoms with Crippen molar-refractivity contribution >= 4 is 34.0 Å². The molecule has 1 aromatic rings. The third-order valence-corrected chi connectivity index (χ3v) is 7.16. The minimum absolute atomic E-state index is 0.0196. The van der Waals surface area contributed by atoms with Crippen LogP contribution in [0.2, 0.25) is 0 Å². The Bertz CT molecular complexity index is 1160. The highest BCUT2D eigenvalue weighted by Crippen LogP contribution is 2.18. The first-order chi connectivity index (χ1) is 21.1. The zero-order valence-electron chi connectivity index (χ0n) is 25.5. The number of aliphatic hydroxyl groups excluding tert-OH is 1. The quantitative estimate of drug-likeness (QED) is 0.0509. The molecule has 1 rings (SSSR count). The summed E-state index contributed by atoms with van der Waals surface area (Å²) < 4.78 is 53.2. The van der Waals surface area contributed by atoms with Gasteiger partial charge in [0.1, 0.15) is 0 Å². The van der Waals surface area contributed by atoms with Gasteiger partial charge in [-0.2, -0.15) is 8.42 Å². The van der Waals surface area contributed by atoms with Crippen LogP contribution in [0.1, 0.15) is 111 Å². The van der Waals surface area contributed by atoms with Gasteiger partial charge in [-0.25, -0.2) is 19.2 Å². The van der Waals surface area contributed by atoms with Gasteiger partial charge in [0.25, 0.3) is 10.1 Å². The molecule has 13 heteroatoms. The predicted molar refractivity (Wildman–Crippen MR) is 161 cm³/mol. The van der Waals surface area contributed by atoms with Gasteiger partial charge in [0.05, 0.1) is 42.4 Å². The van der Waals surface area contributed by atoms with E-state index in [2.05, 4.69) is 6.92 Å². The molecule has 0 radical (unpaired) electrons. The highest BCUT2D eigenvalue weighted by Gasteiger charge is 2.20. The molecule has 248 valence electrons. The normalized spacial score (nSPS) is 11.3. The molecule has 0 heterocycles. The standard InChI is InChI=1S/C31H46O12S/c1-2-3-4-6-11-18-40-28(33)15-16-29(34)41-19-12-8-9-14-21-43-31(36)26-22-25(23-27(24-26)44(37,38)39)30(35)42-20-13-7-5-10-17-32/h15-16,22-24,32H,2-14,17-21H2,1H3,(H,37,38,39)/b16-15-. The van der Waals surface area contributed by atoms with Gasteiger partial charge in [0.2, 0.25) is 0 Å². The van der Waals surface area contributed by atoms with E-state index in [4.69, 9.17) is 24.1 Å². The highest BCUT2D eigenvalue weighted by molar-refractivity contribution is 7.85. The second kappa shape index (κ2) is 23.1. The monoisotopic (exact) mass is 642 g/mol. The largest absolute Gasteiger partial charge is 0.463 e. The topological polar surface area (TPSA) is 180 Å². The summed E-state index contributed by atoms with van der Waals surface area (Å²) in [5.41, 5.74) is -0.452. The van der Waals surface area contributed by atoms with Crippen LogP contribution < -0.4 is 0 Å². The van der Waals surface area contributed by atoms with Gasteiger partial charge in [-0.1, -0.05) is 39.0 Å². The molecule has 44 heavy (non-hydrogen) atoms. The molecule has 0 spiro atoms. The summed E-state index contributed by atoms with van der Waals surface area (Å²) in [6, 6.07) is 2.98. The Balaban J connectivity index is 2.36. The van der Waals surface area contributed by atoms with Crippen molar-refractivity contribution in [1.29, 1.82) is 0 Å². The second-order valence-electron chi connectivity index (χ2n) is 10.1. The van der Waals surface area contributed by atoms with Crippen molar-refractivity contribution < 1.29 is 56.2 Å². The molecule has 0 saturated heterocycles. The SMILES string of the molecule is CCCCCCCOC(=O)/C=C\C(=O)OCCCCCCOC(=O)c1cc(C(=O)OCCCCCCO)cc(S(=O)(=O)O)c1. The van der Waals surface area contributed by atoms with E-state index in [0.717, 1.165) is 75.3 Å². The molecule has 0 aliphatic rings. The summed E-state index contributed by atoms with van der Waals surface area (Å²) in [6.07, 6.45) is 12.3.